The molecule has 2 unspecified atom stereocenters. The maximum atomic E-state index is 6.07. The van der Waals surface area contributed by atoms with Crippen LogP contribution in [0.15, 0.2) is 30.3 Å². The molecule has 2 saturated heterocycles. The number of para-hydroxylation sites is 1. The number of hydrogen-bond acceptors (Lipinski definition) is 6. The van der Waals surface area contributed by atoms with Crippen LogP contribution in [0.1, 0.15) is 19.3 Å². The van der Waals surface area contributed by atoms with Gasteiger partial charge >= 0.3 is 0 Å². The molecule has 2 atom stereocenters. The molecule has 2 aliphatic heterocycles. The standard InChI is InChI=1S/C15H19N5OS/c1-2-4-13(5-3-1)20-14(17-18-19-20)16-12-6-8-21-15(10-12)7-9-22-11-15/h1-5,12H,6-11H2,(H,16,17,19). The summed E-state index contributed by atoms with van der Waals surface area (Å²) < 4.78 is 7.83. The van der Waals surface area contributed by atoms with Gasteiger partial charge in [-0.25, -0.2) is 0 Å². The molecule has 0 radical (unpaired) electrons. The first-order chi connectivity index (χ1) is 10.8. The molecule has 0 bridgehead atoms. The fraction of sp³-hybridized carbons (Fsp3) is 0.533. The maximum Gasteiger partial charge on any atom is 0.247 e. The number of hydrogen-bond donors (Lipinski definition) is 1. The quantitative estimate of drug-likeness (QED) is 0.935. The predicted octanol–water partition coefficient (Wildman–Crippen LogP) is 2.13. The molecule has 2 fully saturated rings. The lowest BCUT2D eigenvalue weighted by atomic mass is 9.90. The fourth-order valence-corrected chi connectivity index (χ4v) is 4.60. The third kappa shape index (κ3) is 2.70. The van der Waals surface area contributed by atoms with E-state index in [-0.39, 0.29) is 5.60 Å². The molecule has 0 amide bonds. The molecule has 2 aromatic rings. The minimum Gasteiger partial charge on any atom is -0.374 e. The second kappa shape index (κ2) is 5.89. The van der Waals surface area contributed by atoms with E-state index in [1.54, 1.807) is 4.68 Å². The first kappa shape index (κ1) is 14.0. The molecule has 3 heterocycles. The molecule has 0 saturated carbocycles. The zero-order chi connectivity index (χ0) is 14.8. The van der Waals surface area contributed by atoms with Crippen LogP contribution in [0.25, 0.3) is 5.69 Å². The molecule has 0 aliphatic carbocycles. The van der Waals surface area contributed by atoms with Crippen molar-refractivity contribution in [3.05, 3.63) is 30.3 Å². The lowest BCUT2D eigenvalue weighted by Gasteiger charge is -2.38. The first-order valence-electron chi connectivity index (χ1n) is 7.67. The summed E-state index contributed by atoms with van der Waals surface area (Å²) in [4.78, 5) is 0. The Bertz CT molecular complexity index is 626. The molecule has 2 aliphatic rings. The Kier molecular flexibility index (Phi) is 3.75. The van der Waals surface area contributed by atoms with Crippen LogP contribution in [0, 0.1) is 0 Å². The molecule has 4 rings (SSSR count). The third-order valence-electron chi connectivity index (χ3n) is 4.36. The number of anilines is 1. The van der Waals surface area contributed by atoms with E-state index in [0.717, 1.165) is 37.3 Å². The van der Waals surface area contributed by atoms with Crippen LogP contribution in [0.3, 0.4) is 0 Å². The number of nitrogens with one attached hydrogen (secondary N) is 1. The summed E-state index contributed by atoms with van der Waals surface area (Å²) in [6.07, 6.45) is 3.18. The van der Waals surface area contributed by atoms with Crippen molar-refractivity contribution in [1.29, 1.82) is 0 Å². The van der Waals surface area contributed by atoms with Gasteiger partial charge in [0.05, 0.1) is 11.3 Å². The molecule has 6 nitrogen and oxygen atoms in total. The van der Waals surface area contributed by atoms with Crippen molar-refractivity contribution >= 4 is 17.7 Å². The van der Waals surface area contributed by atoms with Crippen LogP contribution in [0.2, 0.25) is 0 Å². The lowest BCUT2D eigenvalue weighted by molar-refractivity contribution is -0.0629. The van der Waals surface area contributed by atoms with Crippen molar-refractivity contribution in [3.63, 3.8) is 0 Å². The van der Waals surface area contributed by atoms with Crippen LogP contribution in [0.5, 0.6) is 0 Å². The van der Waals surface area contributed by atoms with E-state index in [9.17, 15) is 0 Å². The predicted molar refractivity (Wildman–Crippen MR) is 86.4 cm³/mol. The molecule has 1 N–H and O–H groups in total. The van der Waals surface area contributed by atoms with Crippen molar-refractivity contribution < 1.29 is 4.74 Å². The highest BCUT2D eigenvalue weighted by atomic mass is 32.2. The molecule has 116 valence electrons. The van der Waals surface area contributed by atoms with E-state index in [4.69, 9.17) is 4.74 Å². The molecular weight excluding hydrogens is 298 g/mol. The van der Waals surface area contributed by atoms with Gasteiger partial charge in [-0.1, -0.05) is 23.3 Å². The molecule has 22 heavy (non-hydrogen) atoms. The summed E-state index contributed by atoms with van der Waals surface area (Å²) in [6, 6.07) is 10.3. The summed E-state index contributed by atoms with van der Waals surface area (Å²) in [5.74, 6) is 3.02. The van der Waals surface area contributed by atoms with Crippen molar-refractivity contribution in [2.75, 3.05) is 23.4 Å². The highest BCUT2D eigenvalue weighted by Crippen LogP contribution is 2.38. The van der Waals surface area contributed by atoms with Gasteiger partial charge in [0.25, 0.3) is 0 Å². The van der Waals surface area contributed by atoms with Gasteiger partial charge in [-0.2, -0.15) is 16.4 Å². The van der Waals surface area contributed by atoms with Crippen molar-refractivity contribution in [3.8, 4) is 5.69 Å². The van der Waals surface area contributed by atoms with E-state index in [1.807, 2.05) is 42.1 Å². The Morgan fingerprint density at radius 3 is 3.05 bits per heavy atom. The summed E-state index contributed by atoms with van der Waals surface area (Å²) in [6.45, 7) is 0.811. The van der Waals surface area contributed by atoms with Gasteiger partial charge in [0.1, 0.15) is 0 Å². The van der Waals surface area contributed by atoms with Crippen LogP contribution < -0.4 is 5.32 Å². The van der Waals surface area contributed by atoms with Gasteiger partial charge in [0, 0.05) is 18.4 Å². The second-order valence-electron chi connectivity index (χ2n) is 5.92. The lowest BCUT2D eigenvalue weighted by Crippen LogP contribution is -2.44. The number of aromatic nitrogens is 4. The number of rotatable bonds is 3. The zero-order valence-electron chi connectivity index (χ0n) is 12.3. The maximum absolute atomic E-state index is 6.07. The Hall–Kier alpha value is -1.60. The van der Waals surface area contributed by atoms with Crippen molar-refractivity contribution in [2.24, 2.45) is 0 Å². The average Bonchev–Trinajstić information content (AvgIpc) is 3.18. The van der Waals surface area contributed by atoms with Gasteiger partial charge in [-0.15, -0.1) is 0 Å². The van der Waals surface area contributed by atoms with Gasteiger partial charge in [0.15, 0.2) is 0 Å². The Labute approximate surface area is 133 Å². The normalized spacial score (nSPS) is 28.1. The Morgan fingerprint density at radius 1 is 1.32 bits per heavy atom. The minimum absolute atomic E-state index is 0.0611. The first-order valence-corrected chi connectivity index (χ1v) is 8.82. The second-order valence-corrected chi connectivity index (χ2v) is 7.02. The Morgan fingerprint density at radius 2 is 2.23 bits per heavy atom. The topological polar surface area (TPSA) is 64.9 Å². The summed E-state index contributed by atoms with van der Waals surface area (Å²) >= 11 is 1.99. The minimum atomic E-state index is 0.0611. The molecule has 1 aromatic heterocycles. The molecule has 1 spiro atoms. The molecule has 7 heteroatoms. The monoisotopic (exact) mass is 317 g/mol. The van der Waals surface area contributed by atoms with Crippen LogP contribution in [-0.2, 0) is 4.74 Å². The summed E-state index contributed by atoms with van der Waals surface area (Å²) in [7, 11) is 0. The number of nitrogens with zero attached hydrogens (tertiary/aromatic N) is 4. The molecule has 1 aromatic carbocycles. The average molecular weight is 317 g/mol. The van der Waals surface area contributed by atoms with E-state index in [1.165, 1.54) is 5.75 Å². The van der Waals surface area contributed by atoms with E-state index >= 15 is 0 Å². The van der Waals surface area contributed by atoms with Crippen LogP contribution >= 0.6 is 11.8 Å². The number of tetrazole rings is 1. The van der Waals surface area contributed by atoms with Gasteiger partial charge in [-0.05, 0) is 47.6 Å². The smallest absolute Gasteiger partial charge is 0.247 e. The fourth-order valence-electron chi connectivity index (χ4n) is 3.22. The number of benzene rings is 1. The van der Waals surface area contributed by atoms with Gasteiger partial charge in [-0.3, -0.25) is 0 Å². The van der Waals surface area contributed by atoms with E-state index in [2.05, 4.69) is 20.8 Å². The highest BCUT2D eigenvalue weighted by Gasteiger charge is 2.40. The van der Waals surface area contributed by atoms with E-state index in [0.29, 0.717) is 12.0 Å². The van der Waals surface area contributed by atoms with Crippen molar-refractivity contribution in [2.45, 2.75) is 30.9 Å². The van der Waals surface area contributed by atoms with Gasteiger partial charge < -0.3 is 10.1 Å². The summed E-state index contributed by atoms with van der Waals surface area (Å²) in [5.41, 5.74) is 1.03. The largest absolute Gasteiger partial charge is 0.374 e. The van der Waals surface area contributed by atoms with Crippen LogP contribution in [0.4, 0.5) is 5.95 Å². The van der Waals surface area contributed by atoms with Crippen LogP contribution in [-0.4, -0.2) is 50.0 Å². The molecular formula is C15H19N5OS. The van der Waals surface area contributed by atoms with E-state index < -0.39 is 0 Å². The number of ether oxygens (including phenoxy) is 1. The Balaban J connectivity index is 1.51. The zero-order valence-corrected chi connectivity index (χ0v) is 13.1. The number of thioether (sulfide) groups is 1. The third-order valence-corrected chi connectivity index (χ3v) is 5.59. The SMILES string of the molecule is c1ccc(-n2nnnc2NC2CCOC3(CCSC3)C2)cc1. The van der Waals surface area contributed by atoms with Gasteiger partial charge in [0.2, 0.25) is 5.95 Å². The van der Waals surface area contributed by atoms with Crippen molar-refractivity contribution in [1.82, 2.24) is 20.2 Å². The highest BCUT2D eigenvalue weighted by molar-refractivity contribution is 7.99. The summed E-state index contributed by atoms with van der Waals surface area (Å²) in [5, 5.41) is 15.6.